The van der Waals surface area contributed by atoms with Gasteiger partial charge in [-0.2, -0.15) is 4.39 Å². The van der Waals surface area contributed by atoms with Crippen molar-refractivity contribution in [1.29, 1.82) is 0 Å². The first-order chi connectivity index (χ1) is 5.52. The SMILES string of the molecule is O=C(O)c1c(I)cc(Br)nc1F. The Labute approximate surface area is 89.3 Å². The van der Waals surface area contributed by atoms with Crippen molar-refractivity contribution in [1.82, 2.24) is 4.98 Å². The summed E-state index contributed by atoms with van der Waals surface area (Å²) < 4.78 is 13.4. The van der Waals surface area contributed by atoms with Crippen molar-refractivity contribution in [2.75, 3.05) is 0 Å². The summed E-state index contributed by atoms with van der Waals surface area (Å²) in [5.41, 5.74) is -0.390. The second-order valence-electron chi connectivity index (χ2n) is 1.90. The Balaban J connectivity index is 3.38. The maximum Gasteiger partial charge on any atom is 0.341 e. The van der Waals surface area contributed by atoms with Gasteiger partial charge in [0.05, 0.1) is 0 Å². The molecule has 0 aliphatic rings. The van der Waals surface area contributed by atoms with Crippen LogP contribution in [0.25, 0.3) is 0 Å². The van der Waals surface area contributed by atoms with Gasteiger partial charge in [-0.05, 0) is 44.6 Å². The molecule has 0 bridgehead atoms. The molecule has 0 saturated heterocycles. The van der Waals surface area contributed by atoms with Crippen LogP contribution in [0.2, 0.25) is 0 Å². The van der Waals surface area contributed by atoms with Crippen LogP contribution < -0.4 is 0 Å². The van der Waals surface area contributed by atoms with Gasteiger partial charge < -0.3 is 5.11 Å². The number of rotatable bonds is 1. The van der Waals surface area contributed by atoms with E-state index in [0.29, 0.717) is 3.57 Å². The fourth-order valence-corrected chi connectivity index (χ4v) is 2.21. The van der Waals surface area contributed by atoms with Crippen molar-refractivity contribution in [3.63, 3.8) is 0 Å². The van der Waals surface area contributed by atoms with Crippen LogP contribution in [0.5, 0.6) is 0 Å². The predicted molar refractivity (Wildman–Crippen MR) is 51.6 cm³/mol. The quantitative estimate of drug-likeness (QED) is 0.627. The molecule has 0 saturated carbocycles. The molecule has 1 heterocycles. The van der Waals surface area contributed by atoms with Gasteiger partial charge in [-0.3, -0.25) is 0 Å². The number of hydrogen-bond donors (Lipinski definition) is 1. The Morgan fingerprint density at radius 3 is 2.75 bits per heavy atom. The van der Waals surface area contributed by atoms with Gasteiger partial charge in [0.2, 0.25) is 5.95 Å². The third-order valence-electron chi connectivity index (χ3n) is 1.11. The minimum Gasteiger partial charge on any atom is -0.477 e. The Bertz CT molecular complexity index is 321. The maximum atomic E-state index is 12.8. The molecule has 0 aliphatic carbocycles. The van der Waals surface area contributed by atoms with Crippen LogP contribution in [-0.4, -0.2) is 16.1 Å². The monoisotopic (exact) mass is 345 g/mol. The molecule has 0 spiro atoms. The number of pyridine rings is 1. The second-order valence-corrected chi connectivity index (χ2v) is 3.87. The molecule has 0 unspecified atom stereocenters. The van der Waals surface area contributed by atoms with E-state index in [1.54, 1.807) is 22.6 Å². The smallest absolute Gasteiger partial charge is 0.341 e. The summed E-state index contributed by atoms with van der Waals surface area (Å²) in [7, 11) is 0. The zero-order valence-corrected chi connectivity index (χ0v) is 9.26. The molecular formula is C6H2BrFINO2. The van der Waals surface area contributed by atoms with Crippen LogP contribution >= 0.6 is 38.5 Å². The number of carbonyl (C=O) groups is 1. The summed E-state index contributed by atoms with van der Waals surface area (Å²) in [5, 5.41) is 8.54. The van der Waals surface area contributed by atoms with E-state index < -0.39 is 11.9 Å². The minimum atomic E-state index is -1.31. The molecule has 3 nitrogen and oxygen atoms in total. The zero-order chi connectivity index (χ0) is 9.30. The van der Waals surface area contributed by atoms with E-state index in [2.05, 4.69) is 20.9 Å². The highest BCUT2D eigenvalue weighted by molar-refractivity contribution is 14.1. The van der Waals surface area contributed by atoms with Crippen molar-refractivity contribution in [2.45, 2.75) is 0 Å². The summed E-state index contributed by atoms with van der Waals surface area (Å²) in [4.78, 5) is 13.8. The van der Waals surface area contributed by atoms with Crippen molar-refractivity contribution >= 4 is 44.5 Å². The number of nitrogens with zero attached hydrogens (tertiary/aromatic N) is 1. The summed E-state index contributed by atoms with van der Waals surface area (Å²) in [5.74, 6) is -2.28. The highest BCUT2D eigenvalue weighted by atomic mass is 127. The number of carboxylic acid groups (broad SMARTS) is 1. The molecule has 64 valence electrons. The van der Waals surface area contributed by atoms with E-state index in [1.165, 1.54) is 6.07 Å². The fourth-order valence-electron chi connectivity index (χ4n) is 0.648. The first kappa shape index (κ1) is 9.85. The van der Waals surface area contributed by atoms with Crippen molar-refractivity contribution in [3.8, 4) is 0 Å². The summed E-state index contributed by atoms with van der Waals surface area (Å²) in [6.45, 7) is 0. The Morgan fingerprint density at radius 2 is 2.33 bits per heavy atom. The molecule has 6 heteroatoms. The van der Waals surface area contributed by atoms with Crippen LogP contribution in [0, 0.1) is 9.52 Å². The first-order valence-corrected chi connectivity index (χ1v) is 4.64. The van der Waals surface area contributed by atoms with E-state index in [1.807, 2.05) is 0 Å². The van der Waals surface area contributed by atoms with Crippen molar-refractivity contribution in [3.05, 3.63) is 25.8 Å². The van der Waals surface area contributed by atoms with Gasteiger partial charge in [0, 0.05) is 3.57 Å². The maximum absolute atomic E-state index is 12.8. The van der Waals surface area contributed by atoms with Gasteiger partial charge in [0.15, 0.2) is 0 Å². The highest BCUT2D eigenvalue weighted by Gasteiger charge is 2.16. The minimum absolute atomic E-state index is 0.286. The van der Waals surface area contributed by atoms with Gasteiger partial charge in [0.1, 0.15) is 10.2 Å². The first-order valence-electron chi connectivity index (χ1n) is 2.77. The van der Waals surface area contributed by atoms with E-state index in [0.717, 1.165) is 0 Å². The Morgan fingerprint density at radius 1 is 1.75 bits per heavy atom. The van der Waals surface area contributed by atoms with E-state index in [9.17, 15) is 9.18 Å². The van der Waals surface area contributed by atoms with Crippen LogP contribution in [0.3, 0.4) is 0 Å². The van der Waals surface area contributed by atoms with Gasteiger partial charge in [-0.25, -0.2) is 9.78 Å². The standard InChI is InChI=1S/C6H2BrFINO2/c7-3-1-2(9)4(6(11)12)5(8)10-3/h1H,(H,11,12). The van der Waals surface area contributed by atoms with Crippen LogP contribution in [-0.2, 0) is 0 Å². The normalized spacial score (nSPS) is 9.92. The highest BCUT2D eigenvalue weighted by Crippen LogP contribution is 2.18. The fraction of sp³-hybridized carbons (Fsp3) is 0. The van der Waals surface area contributed by atoms with Crippen LogP contribution in [0.15, 0.2) is 10.7 Å². The molecule has 1 N–H and O–H groups in total. The summed E-state index contributed by atoms with van der Waals surface area (Å²) >= 11 is 4.68. The van der Waals surface area contributed by atoms with Crippen LogP contribution in [0.4, 0.5) is 4.39 Å². The lowest BCUT2D eigenvalue weighted by atomic mass is 10.3. The lowest BCUT2D eigenvalue weighted by Gasteiger charge is -1.99. The molecule has 0 fully saturated rings. The van der Waals surface area contributed by atoms with Gasteiger partial charge in [-0.15, -0.1) is 0 Å². The molecule has 1 aromatic heterocycles. The topological polar surface area (TPSA) is 50.2 Å². The Kier molecular flexibility index (Phi) is 2.99. The zero-order valence-electron chi connectivity index (χ0n) is 5.51. The number of carboxylic acids is 1. The number of hydrogen-bond acceptors (Lipinski definition) is 2. The third kappa shape index (κ3) is 1.92. The lowest BCUT2D eigenvalue weighted by Crippen LogP contribution is -2.05. The molecule has 0 atom stereocenters. The molecule has 0 radical (unpaired) electrons. The van der Waals surface area contributed by atoms with Gasteiger partial charge >= 0.3 is 5.97 Å². The average Bonchev–Trinajstić information content (AvgIpc) is 1.82. The van der Waals surface area contributed by atoms with Gasteiger partial charge in [-0.1, -0.05) is 0 Å². The molecule has 1 aromatic rings. The molecule has 0 aromatic carbocycles. The molecule has 12 heavy (non-hydrogen) atoms. The molecular weight excluding hydrogens is 344 g/mol. The number of halogens is 3. The summed E-state index contributed by atoms with van der Waals surface area (Å²) in [6.07, 6.45) is 0. The lowest BCUT2D eigenvalue weighted by molar-refractivity contribution is 0.0689. The molecule has 1 rings (SSSR count). The van der Waals surface area contributed by atoms with Crippen LogP contribution in [0.1, 0.15) is 10.4 Å². The Hall–Kier alpha value is -0.240. The van der Waals surface area contributed by atoms with Crippen molar-refractivity contribution < 1.29 is 14.3 Å². The summed E-state index contributed by atoms with van der Waals surface area (Å²) in [6, 6.07) is 1.44. The average molecular weight is 346 g/mol. The van der Waals surface area contributed by atoms with E-state index >= 15 is 0 Å². The van der Waals surface area contributed by atoms with Gasteiger partial charge in [0.25, 0.3) is 0 Å². The van der Waals surface area contributed by atoms with Crippen molar-refractivity contribution in [2.24, 2.45) is 0 Å². The van der Waals surface area contributed by atoms with E-state index in [4.69, 9.17) is 5.11 Å². The second kappa shape index (κ2) is 3.65. The predicted octanol–water partition coefficient (Wildman–Crippen LogP) is 2.29. The molecule has 0 aliphatic heterocycles. The molecule has 0 amide bonds. The number of aromatic nitrogens is 1. The van der Waals surface area contributed by atoms with E-state index in [-0.39, 0.29) is 10.2 Å². The largest absolute Gasteiger partial charge is 0.477 e. The third-order valence-corrected chi connectivity index (χ3v) is 2.37. The number of aromatic carboxylic acids is 1.